The molecule has 0 aliphatic heterocycles. The van der Waals surface area contributed by atoms with Gasteiger partial charge in [-0.05, 0) is 224 Å². The molecular formula is C64H44F4N2. The van der Waals surface area contributed by atoms with Gasteiger partial charge in [-0.2, -0.15) is 0 Å². The summed E-state index contributed by atoms with van der Waals surface area (Å²) >= 11 is 0. The van der Waals surface area contributed by atoms with Crippen LogP contribution in [0.3, 0.4) is 0 Å². The van der Waals surface area contributed by atoms with Crippen molar-refractivity contribution in [2.75, 3.05) is 9.80 Å². The Balaban J connectivity index is 1.06. The van der Waals surface area contributed by atoms with E-state index in [4.69, 9.17) is 0 Å². The number of nitrogens with zero attached hydrogens (tertiary/aromatic N) is 2. The molecule has 0 spiro atoms. The predicted molar refractivity (Wildman–Crippen MR) is 282 cm³/mol. The number of hydrogen-bond acceptors (Lipinski definition) is 2. The van der Waals surface area contributed by atoms with Crippen LogP contribution in [-0.2, 0) is 0 Å². The first-order valence-corrected chi connectivity index (χ1v) is 23.2. The Morgan fingerprint density at radius 2 is 0.514 bits per heavy atom. The Kier molecular flexibility index (Phi) is 11.5. The van der Waals surface area contributed by atoms with Gasteiger partial charge in [0.15, 0.2) is 0 Å². The second kappa shape index (κ2) is 18.4. The predicted octanol–water partition coefficient (Wildman–Crippen LogP) is 18.8. The van der Waals surface area contributed by atoms with Gasteiger partial charge in [-0.25, -0.2) is 17.6 Å². The van der Waals surface area contributed by atoms with Gasteiger partial charge >= 0.3 is 0 Å². The van der Waals surface area contributed by atoms with Crippen LogP contribution in [0.15, 0.2) is 231 Å². The van der Waals surface area contributed by atoms with Crippen LogP contribution in [0.5, 0.6) is 0 Å². The topological polar surface area (TPSA) is 6.48 Å². The van der Waals surface area contributed by atoms with Gasteiger partial charge in [0.25, 0.3) is 0 Å². The molecule has 0 radical (unpaired) electrons. The molecule has 0 fully saturated rings. The van der Waals surface area contributed by atoms with Crippen LogP contribution >= 0.6 is 0 Å². The molecule has 11 rings (SSSR count). The minimum Gasteiger partial charge on any atom is -0.310 e. The van der Waals surface area contributed by atoms with Gasteiger partial charge in [0.1, 0.15) is 23.3 Å². The van der Waals surface area contributed by atoms with E-state index in [-0.39, 0.29) is 23.3 Å². The summed E-state index contributed by atoms with van der Waals surface area (Å²) in [5.41, 5.74) is 15.8. The highest BCUT2D eigenvalue weighted by atomic mass is 19.1. The van der Waals surface area contributed by atoms with Crippen molar-refractivity contribution in [2.45, 2.75) is 13.8 Å². The van der Waals surface area contributed by atoms with Crippen molar-refractivity contribution < 1.29 is 17.6 Å². The molecule has 0 saturated carbocycles. The van der Waals surface area contributed by atoms with E-state index < -0.39 is 0 Å². The van der Waals surface area contributed by atoms with Gasteiger partial charge in [0, 0.05) is 34.1 Å². The zero-order valence-corrected chi connectivity index (χ0v) is 38.3. The minimum atomic E-state index is -0.332. The van der Waals surface area contributed by atoms with Gasteiger partial charge < -0.3 is 9.80 Å². The van der Waals surface area contributed by atoms with E-state index in [9.17, 15) is 17.6 Å². The smallest absolute Gasteiger partial charge is 0.123 e. The number of rotatable bonds is 10. The number of aryl methyl sites for hydroxylation is 2. The van der Waals surface area contributed by atoms with Crippen molar-refractivity contribution in [3.8, 4) is 44.5 Å². The fourth-order valence-corrected chi connectivity index (χ4v) is 9.74. The van der Waals surface area contributed by atoms with Crippen LogP contribution in [-0.4, -0.2) is 0 Å². The van der Waals surface area contributed by atoms with E-state index in [1.165, 1.54) is 48.5 Å². The Bertz CT molecular complexity index is 3340. The maximum absolute atomic E-state index is 14.1. The summed E-state index contributed by atoms with van der Waals surface area (Å²) in [5, 5.41) is 4.50. The Morgan fingerprint density at radius 3 is 0.800 bits per heavy atom. The summed E-state index contributed by atoms with van der Waals surface area (Å²) < 4.78 is 56.4. The molecule has 0 unspecified atom stereocenters. The molecule has 11 aromatic carbocycles. The van der Waals surface area contributed by atoms with Crippen LogP contribution in [0.4, 0.5) is 51.7 Å². The third-order valence-corrected chi connectivity index (χ3v) is 13.2. The fourth-order valence-electron chi connectivity index (χ4n) is 9.74. The second-order valence-corrected chi connectivity index (χ2v) is 17.6. The van der Waals surface area contributed by atoms with E-state index in [0.717, 1.165) is 111 Å². The number of anilines is 6. The second-order valence-electron chi connectivity index (χ2n) is 17.6. The molecule has 2 nitrogen and oxygen atoms in total. The average Bonchev–Trinajstić information content (AvgIpc) is 3.39. The normalized spacial score (nSPS) is 11.3. The summed E-state index contributed by atoms with van der Waals surface area (Å²) in [6, 6.07) is 72.4. The number of fused-ring (bicyclic) bond motifs is 2. The van der Waals surface area contributed by atoms with Crippen molar-refractivity contribution in [2.24, 2.45) is 0 Å². The summed E-state index contributed by atoms with van der Waals surface area (Å²) in [5.74, 6) is -1.33. The van der Waals surface area contributed by atoms with Crippen LogP contribution in [0.25, 0.3) is 66.1 Å². The lowest BCUT2D eigenvalue weighted by Gasteiger charge is -2.26. The van der Waals surface area contributed by atoms with Crippen molar-refractivity contribution in [1.29, 1.82) is 0 Å². The molecule has 0 saturated heterocycles. The fraction of sp³-hybridized carbons (Fsp3) is 0.0312. The van der Waals surface area contributed by atoms with Gasteiger partial charge in [0.05, 0.1) is 0 Å². The molecular weight excluding hydrogens is 873 g/mol. The highest BCUT2D eigenvalue weighted by Gasteiger charge is 2.21. The molecule has 11 aromatic rings. The Hall–Kier alpha value is -8.74. The minimum absolute atomic E-state index is 0.332. The number of benzene rings is 11. The lowest BCUT2D eigenvalue weighted by Crippen LogP contribution is -2.09. The summed E-state index contributed by atoms with van der Waals surface area (Å²) in [6.07, 6.45) is 0. The molecule has 0 aromatic heterocycles. The molecule has 70 heavy (non-hydrogen) atoms. The van der Waals surface area contributed by atoms with E-state index in [1.807, 2.05) is 34.1 Å². The van der Waals surface area contributed by atoms with Crippen molar-refractivity contribution >= 4 is 55.7 Å². The first kappa shape index (κ1) is 43.8. The molecule has 0 heterocycles. The molecule has 0 aliphatic carbocycles. The van der Waals surface area contributed by atoms with E-state index in [0.29, 0.717) is 0 Å². The largest absolute Gasteiger partial charge is 0.310 e. The van der Waals surface area contributed by atoms with Gasteiger partial charge in [-0.1, -0.05) is 97.1 Å². The third-order valence-electron chi connectivity index (χ3n) is 13.2. The van der Waals surface area contributed by atoms with E-state index in [2.05, 4.69) is 123 Å². The molecule has 0 atom stereocenters. The first-order valence-electron chi connectivity index (χ1n) is 23.2. The lowest BCUT2D eigenvalue weighted by atomic mass is 9.82. The molecule has 0 N–H and O–H groups in total. The lowest BCUT2D eigenvalue weighted by molar-refractivity contribution is 0.627. The number of halogens is 4. The van der Waals surface area contributed by atoms with Crippen molar-refractivity contribution in [3.05, 3.63) is 265 Å². The maximum atomic E-state index is 14.1. The van der Waals surface area contributed by atoms with Crippen LogP contribution in [0.2, 0.25) is 0 Å². The van der Waals surface area contributed by atoms with Crippen LogP contribution in [0.1, 0.15) is 11.1 Å². The molecule has 0 bridgehead atoms. The zero-order chi connectivity index (χ0) is 47.9. The van der Waals surface area contributed by atoms with Gasteiger partial charge in [-0.3, -0.25) is 0 Å². The summed E-state index contributed by atoms with van der Waals surface area (Å²) in [4.78, 5) is 3.97. The average molecular weight is 917 g/mol. The Morgan fingerprint density at radius 1 is 0.257 bits per heavy atom. The third kappa shape index (κ3) is 8.34. The highest BCUT2D eigenvalue weighted by Crippen LogP contribution is 2.48. The Labute approximate surface area is 404 Å². The standard InChI is InChI=1S/C64H44F4N2/c1-41-7-3-5-9-57(41)63-59-37-15-46(44-13-27-52(28-14-44)70(55-33-21-49(67)22-34-55)56-35-23-50(68)24-36-56)40-62(59)64(58-10-6-4-8-42(58)2)60-38-16-45(39-61(60)63)43-11-25-51(26-12-43)69(53-29-17-47(65)18-30-53)54-31-19-48(66)20-32-54/h3-40H,1-2H3. The van der Waals surface area contributed by atoms with Crippen LogP contribution in [0, 0.1) is 37.1 Å². The van der Waals surface area contributed by atoms with Crippen molar-refractivity contribution in [1.82, 2.24) is 0 Å². The summed E-state index contributed by atoms with van der Waals surface area (Å²) in [6.45, 7) is 4.33. The molecule has 6 heteroatoms. The number of hydrogen-bond donors (Lipinski definition) is 0. The monoisotopic (exact) mass is 916 g/mol. The molecule has 338 valence electrons. The van der Waals surface area contributed by atoms with Crippen molar-refractivity contribution in [3.63, 3.8) is 0 Å². The maximum Gasteiger partial charge on any atom is 0.123 e. The van der Waals surface area contributed by atoms with E-state index in [1.54, 1.807) is 48.5 Å². The van der Waals surface area contributed by atoms with Gasteiger partial charge in [0.2, 0.25) is 0 Å². The summed E-state index contributed by atoms with van der Waals surface area (Å²) in [7, 11) is 0. The first-order chi connectivity index (χ1) is 34.2. The van der Waals surface area contributed by atoms with Gasteiger partial charge in [-0.15, -0.1) is 0 Å². The SMILES string of the molecule is Cc1ccccc1-c1c2ccc(-c3ccc(N(c4ccc(F)cc4)c4ccc(F)cc4)cc3)cc2c(-c2ccccc2C)c2ccc(-c3ccc(N(c4ccc(F)cc4)c4ccc(F)cc4)cc3)cc12. The van der Waals surface area contributed by atoms with E-state index >= 15 is 0 Å². The quantitative estimate of drug-likeness (QED) is 0.0996. The molecule has 0 aliphatic rings. The molecule has 0 amide bonds. The zero-order valence-electron chi connectivity index (χ0n) is 38.3. The van der Waals surface area contributed by atoms with Crippen LogP contribution < -0.4 is 9.80 Å². The highest BCUT2D eigenvalue weighted by molar-refractivity contribution is 6.23.